The first-order valence-corrected chi connectivity index (χ1v) is 12.9. The van der Waals surface area contributed by atoms with E-state index in [1.54, 1.807) is 33.8 Å². The Labute approximate surface area is 228 Å². The van der Waals surface area contributed by atoms with Crippen molar-refractivity contribution in [1.29, 1.82) is 0 Å². The Morgan fingerprint density at radius 2 is 1.36 bits per heavy atom. The van der Waals surface area contributed by atoms with Crippen molar-refractivity contribution in [3.05, 3.63) is 94.5 Å². The van der Waals surface area contributed by atoms with Crippen LogP contribution in [0, 0.1) is 13.8 Å². The van der Waals surface area contributed by atoms with Crippen molar-refractivity contribution in [2.75, 3.05) is 5.32 Å². The fourth-order valence-corrected chi connectivity index (χ4v) is 4.11. The Kier molecular flexibility index (Phi) is 8.10. The smallest absolute Gasteiger partial charge is 0.338 e. The van der Waals surface area contributed by atoms with E-state index < -0.39 is 17.8 Å². The number of ether oxygens (including phenoxy) is 2. The van der Waals surface area contributed by atoms with Crippen LogP contribution in [0.15, 0.2) is 66.7 Å². The molecule has 0 aliphatic heterocycles. The maximum Gasteiger partial charge on any atom is 0.338 e. The van der Waals surface area contributed by atoms with Gasteiger partial charge < -0.3 is 14.8 Å². The molecule has 7 nitrogen and oxygen atoms in total. The zero-order valence-corrected chi connectivity index (χ0v) is 23.0. The van der Waals surface area contributed by atoms with Gasteiger partial charge >= 0.3 is 11.9 Å². The van der Waals surface area contributed by atoms with E-state index in [4.69, 9.17) is 14.5 Å². The maximum absolute atomic E-state index is 13.7. The summed E-state index contributed by atoms with van der Waals surface area (Å²) >= 11 is 0. The largest absolute Gasteiger partial charge is 0.459 e. The average molecular weight is 525 g/mol. The van der Waals surface area contributed by atoms with Crippen LogP contribution in [0.3, 0.4) is 0 Å². The average Bonchev–Trinajstić information content (AvgIpc) is 2.88. The molecule has 3 aromatic carbocycles. The molecule has 0 unspecified atom stereocenters. The number of pyridine rings is 1. The van der Waals surface area contributed by atoms with Gasteiger partial charge in [-0.2, -0.15) is 0 Å². The highest BCUT2D eigenvalue weighted by Crippen LogP contribution is 2.27. The van der Waals surface area contributed by atoms with Gasteiger partial charge in [0.1, 0.15) is 0 Å². The number of fused-ring (bicyclic) bond motifs is 1. The lowest BCUT2D eigenvalue weighted by molar-refractivity contribution is 0.0377. The van der Waals surface area contributed by atoms with Crippen molar-refractivity contribution in [2.45, 2.75) is 53.8 Å². The second kappa shape index (κ2) is 11.5. The van der Waals surface area contributed by atoms with Crippen molar-refractivity contribution >= 4 is 34.4 Å². The van der Waals surface area contributed by atoms with Crippen LogP contribution in [0.25, 0.3) is 22.2 Å². The number of anilines is 1. The van der Waals surface area contributed by atoms with Gasteiger partial charge in [0.25, 0.3) is 5.91 Å². The molecule has 0 spiro atoms. The number of esters is 2. The van der Waals surface area contributed by atoms with Crippen molar-refractivity contribution in [2.24, 2.45) is 0 Å². The lowest BCUT2D eigenvalue weighted by Crippen LogP contribution is -2.17. The maximum atomic E-state index is 13.7. The van der Waals surface area contributed by atoms with Gasteiger partial charge in [-0.3, -0.25) is 4.79 Å². The van der Waals surface area contributed by atoms with Crippen LogP contribution in [0.1, 0.15) is 69.9 Å². The predicted molar refractivity (Wildman–Crippen MR) is 152 cm³/mol. The third-order valence-electron chi connectivity index (χ3n) is 6.11. The van der Waals surface area contributed by atoms with Gasteiger partial charge in [0.2, 0.25) is 0 Å². The Bertz CT molecular complexity index is 1530. The van der Waals surface area contributed by atoms with Crippen LogP contribution >= 0.6 is 0 Å². The van der Waals surface area contributed by atoms with E-state index in [2.05, 4.69) is 5.32 Å². The molecule has 0 radical (unpaired) electrons. The molecule has 7 heteroatoms. The minimum absolute atomic E-state index is 0.132. The van der Waals surface area contributed by atoms with Crippen LogP contribution in [-0.4, -0.2) is 35.0 Å². The van der Waals surface area contributed by atoms with E-state index >= 15 is 0 Å². The lowest BCUT2D eigenvalue weighted by Gasteiger charge is -2.14. The minimum atomic E-state index is -0.605. The number of aromatic nitrogens is 1. The summed E-state index contributed by atoms with van der Waals surface area (Å²) in [5.74, 6) is -1.62. The van der Waals surface area contributed by atoms with Crippen LogP contribution in [0.2, 0.25) is 0 Å². The number of carbonyl (C=O) groups is 3. The third kappa shape index (κ3) is 6.49. The number of amides is 1. The van der Waals surface area contributed by atoms with E-state index in [0.29, 0.717) is 22.2 Å². The summed E-state index contributed by atoms with van der Waals surface area (Å²) in [5, 5.41) is 3.54. The third-order valence-corrected chi connectivity index (χ3v) is 6.11. The first-order chi connectivity index (χ1) is 18.5. The number of nitrogens with one attached hydrogen (secondary N) is 1. The number of aryl methyl sites for hydroxylation is 2. The number of nitrogens with zero attached hydrogens (tertiary/aromatic N) is 1. The van der Waals surface area contributed by atoms with Crippen LogP contribution in [0.5, 0.6) is 0 Å². The second-order valence-corrected chi connectivity index (χ2v) is 10.0. The molecule has 1 aromatic heterocycles. The van der Waals surface area contributed by atoms with Gasteiger partial charge in [0.15, 0.2) is 0 Å². The number of rotatable bonds is 7. The Morgan fingerprint density at radius 3 is 1.95 bits per heavy atom. The normalized spacial score (nSPS) is 11.1. The topological polar surface area (TPSA) is 94.6 Å². The highest BCUT2D eigenvalue weighted by atomic mass is 16.5. The first kappa shape index (κ1) is 27.5. The summed E-state index contributed by atoms with van der Waals surface area (Å²) in [5.41, 5.74) is 5.47. The van der Waals surface area contributed by atoms with Gasteiger partial charge in [0, 0.05) is 16.6 Å². The molecule has 200 valence electrons. The van der Waals surface area contributed by atoms with Crippen molar-refractivity contribution in [1.82, 2.24) is 4.98 Å². The number of para-hydroxylation sites is 1. The molecule has 39 heavy (non-hydrogen) atoms. The quantitative estimate of drug-likeness (QED) is 0.264. The van der Waals surface area contributed by atoms with E-state index in [9.17, 15) is 14.4 Å². The molecular weight excluding hydrogens is 492 g/mol. The van der Waals surface area contributed by atoms with Gasteiger partial charge in [-0.1, -0.05) is 30.3 Å². The fourth-order valence-electron chi connectivity index (χ4n) is 4.11. The second-order valence-electron chi connectivity index (χ2n) is 10.0. The molecule has 4 rings (SSSR count). The molecule has 1 heterocycles. The molecule has 0 fully saturated rings. The first-order valence-electron chi connectivity index (χ1n) is 12.9. The summed E-state index contributed by atoms with van der Waals surface area (Å²) in [6.45, 7) is 11.0. The minimum Gasteiger partial charge on any atom is -0.459 e. The lowest BCUT2D eigenvalue weighted by atomic mass is 10.0. The summed E-state index contributed by atoms with van der Waals surface area (Å²) in [6, 6.07) is 19.6. The summed E-state index contributed by atoms with van der Waals surface area (Å²) in [7, 11) is 0. The summed E-state index contributed by atoms with van der Waals surface area (Å²) < 4.78 is 10.7. The van der Waals surface area contributed by atoms with Crippen LogP contribution < -0.4 is 5.32 Å². The number of hydrogen-bond acceptors (Lipinski definition) is 6. The summed E-state index contributed by atoms with van der Waals surface area (Å²) in [6.07, 6.45) is -0.706. The van der Waals surface area contributed by atoms with Gasteiger partial charge in [0.05, 0.1) is 40.1 Å². The number of carbonyl (C=O) groups excluding carboxylic acids is 3. The molecular formula is C32H32N2O5. The molecule has 4 aromatic rings. The number of hydrogen-bond donors (Lipinski definition) is 1. The molecule has 0 bridgehead atoms. The van der Waals surface area contributed by atoms with E-state index in [1.165, 1.54) is 23.8 Å². The molecule has 0 atom stereocenters. The molecule has 0 saturated carbocycles. The zero-order chi connectivity index (χ0) is 28.3. The summed E-state index contributed by atoms with van der Waals surface area (Å²) in [4.78, 5) is 43.9. The van der Waals surface area contributed by atoms with E-state index in [0.717, 1.165) is 11.1 Å². The van der Waals surface area contributed by atoms with Crippen LogP contribution in [-0.2, 0) is 9.47 Å². The Morgan fingerprint density at radius 1 is 0.744 bits per heavy atom. The van der Waals surface area contributed by atoms with Crippen molar-refractivity contribution in [3.63, 3.8) is 0 Å². The monoisotopic (exact) mass is 524 g/mol. The molecule has 0 aliphatic rings. The van der Waals surface area contributed by atoms with E-state index in [-0.39, 0.29) is 29.0 Å². The van der Waals surface area contributed by atoms with Crippen molar-refractivity contribution < 1.29 is 23.9 Å². The van der Waals surface area contributed by atoms with Gasteiger partial charge in [-0.05, 0) is 89.1 Å². The van der Waals surface area contributed by atoms with Crippen molar-refractivity contribution in [3.8, 4) is 11.3 Å². The van der Waals surface area contributed by atoms with Crippen LogP contribution in [0.4, 0.5) is 5.69 Å². The SMILES string of the molecule is Cc1ccc(-c2cc(C(=O)Nc3cc(C(=O)OC(C)C)cc(C(=O)OC(C)C)c3)c3ccccc3n2)cc1C. The van der Waals surface area contributed by atoms with E-state index in [1.807, 2.05) is 56.3 Å². The highest BCUT2D eigenvalue weighted by molar-refractivity contribution is 6.13. The molecule has 0 saturated heterocycles. The highest BCUT2D eigenvalue weighted by Gasteiger charge is 2.20. The molecule has 1 amide bonds. The standard InChI is InChI=1S/C32H32N2O5/c1-18(2)38-31(36)23-14-24(32(37)39-19(3)4)16-25(15-23)33-30(35)27-17-29(22-12-11-20(5)21(6)13-22)34-28-10-8-7-9-26(27)28/h7-19H,1-6H3,(H,33,35). The molecule has 1 N–H and O–H groups in total. The fraction of sp³-hybridized carbons (Fsp3) is 0.250. The number of benzene rings is 3. The van der Waals surface area contributed by atoms with Gasteiger partial charge in [-0.15, -0.1) is 0 Å². The molecule has 0 aliphatic carbocycles. The van der Waals surface area contributed by atoms with Gasteiger partial charge in [-0.25, -0.2) is 14.6 Å². The Balaban J connectivity index is 1.77. The predicted octanol–water partition coefficient (Wildman–Crippen LogP) is 6.90. The zero-order valence-electron chi connectivity index (χ0n) is 23.0. The Hall–Kier alpha value is -4.52.